The highest BCUT2D eigenvalue weighted by atomic mass is 16.4. The quantitative estimate of drug-likeness (QED) is 0.779. The first-order chi connectivity index (χ1) is 7.06. The van der Waals surface area contributed by atoms with Gasteiger partial charge in [0.15, 0.2) is 0 Å². The second-order valence-electron chi connectivity index (χ2n) is 4.77. The van der Waals surface area contributed by atoms with Crippen LogP contribution in [0, 0.1) is 5.92 Å². The molecule has 0 heterocycles. The Morgan fingerprint density at radius 1 is 1.53 bits per heavy atom. The Morgan fingerprint density at radius 3 is 2.73 bits per heavy atom. The summed E-state index contributed by atoms with van der Waals surface area (Å²) < 4.78 is 0. The van der Waals surface area contributed by atoms with E-state index in [2.05, 4.69) is 6.92 Å². The molecule has 0 aromatic rings. The predicted molar refractivity (Wildman–Crippen MR) is 60.9 cm³/mol. The highest BCUT2D eigenvalue weighted by molar-refractivity contribution is 5.72. The molecule has 1 rings (SSSR count). The van der Waals surface area contributed by atoms with E-state index in [0.29, 0.717) is 6.04 Å². The lowest BCUT2D eigenvalue weighted by atomic mass is 9.83. The molecular weight excluding hydrogens is 190 g/mol. The van der Waals surface area contributed by atoms with E-state index in [1.54, 1.807) is 6.92 Å². The zero-order valence-electron chi connectivity index (χ0n) is 10.1. The summed E-state index contributed by atoms with van der Waals surface area (Å²) >= 11 is 0. The highest BCUT2D eigenvalue weighted by Crippen LogP contribution is 2.29. The third kappa shape index (κ3) is 3.20. The van der Waals surface area contributed by atoms with Gasteiger partial charge in [-0.25, -0.2) is 0 Å². The number of hydrogen-bond acceptors (Lipinski definition) is 2. The minimum absolute atomic E-state index is 0.356. The molecule has 1 N–H and O–H groups in total. The Hall–Kier alpha value is -0.570. The zero-order chi connectivity index (χ0) is 11.4. The van der Waals surface area contributed by atoms with Gasteiger partial charge in [0.2, 0.25) is 0 Å². The number of rotatable bonds is 4. The van der Waals surface area contributed by atoms with Crippen molar-refractivity contribution in [3.63, 3.8) is 0 Å². The number of aliphatic carboxylic acids is 1. The number of likely N-dealkylation sites (N-methyl/N-ethyl adjacent to an activating group) is 1. The van der Waals surface area contributed by atoms with Gasteiger partial charge in [-0.1, -0.05) is 26.2 Å². The van der Waals surface area contributed by atoms with Gasteiger partial charge in [-0.05, 0) is 32.7 Å². The molecule has 1 saturated carbocycles. The molecule has 1 fully saturated rings. The monoisotopic (exact) mass is 213 g/mol. The van der Waals surface area contributed by atoms with Gasteiger partial charge in [0.05, 0.1) is 0 Å². The normalized spacial score (nSPS) is 29.1. The summed E-state index contributed by atoms with van der Waals surface area (Å²) in [5.74, 6) is 0.0864. The highest BCUT2D eigenvalue weighted by Gasteiger charge is 2.28. The van der Waals surface area contributed by atoms with Gasteiger partial charge in [0.25, 0.3) is 0 Å². The van der Waals surface area contributed by atoms with E-state index in [9.17, 15) is 4.79 Å². The number of carboxylic acids is 1. The molecule has 0 amide bonds. The molecule has 0 aromatic carbocycles. The zero-order valence-corrected chi connectivity index (χ0v) is 10.1. The van der Waals surface area contributed by atoms with Crippen LogP contribution in [0.25, 0.3) is 0 Å². The van der Waals surface area contributed by atoms with Gasteiger partial charge in [-0.2, -0.15) is 0 Å². The Labute approximate surface area is 92.5 Å². The Balaban J connectivity index is 2.51. The topological polar surface area (TPSA) is 40.5 Å². The molecule has 1 aliphatic rings. The van der Waals surface area contributed by atoms with Crippen LogP contribution in [0.2, 0.25) is 0 Å². The van der Waals surface area contributed by atoms with Gasteiger partial charge in [-0.3, -0.25) is 9.69 Å². The molecule has 0 saturated heterocycles. The lowest BCUT2D eigenvalue weighted by Gasteiger charge is -2.36. The van der Waals surface area contributed by atoms with E-state index < -0.39 is 5.97 Å². The molecule has 88 valence electrons. The van der Waals surface area contributed by atoms with Crippen molar-refractivity contribution in [1.82, 2.24) is 4.90 Å². The van der Waals surface area contributed by atoms with Crippen molar-refractivity contribution in [2.24, 2.45) is 5.92 Å². The average Bonchev–Trinajstić information content (AvgIpc) is 2.27. The largest absolute Gasteiger partial charge is 0.480 e. The molecule has 15 heavy (non-hydrogen) atoms. The predicted octanol–water partition coefficient (Wildman–Crippen LogP) is 2.36. The molecule has 0 bridgehead atoms. The fourth-order valence-electron chi connectivity index (χ4n) is 2.49. The van der Waals surface area contributed by atoms with Crippen molar-refractivity contribution in [1.29, 1.82) is 0 Å². The second kappa shape index (κ2) is 5.50. The smallest absolute Gasteiger partial charge is 0.320 e. The van der Waals surface area contributed by atoms with E-state index >= 15 is 0 Å². The van der Waals surface area contributed by atoms with Crippen LogP contribution in [-0.4, -0.2) is 35.1 Å². The molecule has 0 radical (unpaired) electrons. The summed E-state index contributed by atoms with van der Waals surface area (Å²) in [4.78, 5) is 12.9. The first-order valence-electron chi connectivity index (χ1n) is 6.01. The van der Waals surface area contributed by atoms with Crippen LogP contribution in [-0.2, 0) is 4.79 Å². The molecular formula is C12H23NO2. The van der Waals surface area contributed by atoms with Crippen molar-refractivity contribution in [2.45, 2.75) is 58.0 Å². The van der Waals surface area contributed by atoms with Crippen LogP contribution in [0.1, 0.15) is 46.0 Å². The van der Waals surface area contributed by atoms with Gasteiger partial charge in [0, 0.05) is 6.04 Å². The molecule has 3 nitrogen and oxygen atoms in total. The molecule has 1 aliphatic carbocycles. The minimum Gasteiger partial charge on any atom is -0.480 e. The van der Waals surface area contributed by atoms with E-state index in [1.165, 1.54) is 25.7 Å². The summed E-state index contributed by atoms with van der Waals surface area (Å²) in [5.41, 5.74) is 0. The van der Waals surface area contributed by atoms with Crippen molar-refractivity contribution < 1.29 is 9.90 Å². The molecule has 0 aromatic heterocycles. The number of hydrogen-bond donors (Lipinski definition) is 1. The Morgan fingerprint density at radius 2 is 2.20 bits per heavy atom. The van der Waals surface area contributed by atoms with E-state index in [-0.39, 0.29) is 6.04 Å². The van der Waals surface area contributed by atoms with E-state index in [0.717, 1.165) is 12.3 Å². The van der Waals surface area contributed by atoms with Crippen LogP contribution in [0.4, 0.5) is 0 Å². The summed E-state index contributed by atoms with van der Waals surface area (Å²) in [6.07, 6.45) is 6.13. The number of carbonyl (C=O) groups is 1. The lowest BCUT2D eigenvalue weighted by molar-refractivity contribution is -0.143. The van der Waals surface area contributed by atoms with E-state index in [4.69, 9.17) is 5.11 Å². The van der Waals surface area contributed by atoms with Gasteiger partial charge in [-0.15, -0.1) is 0 Å². The van der Waals surface area contributed by atoms with Gasteiger partial charge >= 0.3 is 5.97 Å². The Bertz CT molecular complexity index is 218. The fourth-order valence-corrected chi connectivity index (χ4v) is 2.49. The molecule has 3 unspecified atom stereocenters. The van der Waals surface area contributed by atoms with Crippen molar-refractivity contribution >= 4 is 5.97 Å². The van der Waals surface area contributed by atoms with Crippen LogP contribution in [0.15, 0.2) is 0 Å². The maximum absolute atomic E-state index is 10.9. The van der Waals surface area contributed by atoms with Crippen molar-refractivity contribution in [3.05, 3.63) is 0 Å². The maximum atomic E-state index is 10.9. The number of nitrogens with zero attached hydrogens (tertiary/aromatic N) is 1. The molecule has 0 aliphatic heterocycles. The summed E-state index contributed by atoms with van der Waals surface area (Å²) in [6.45, 7) is 4.01. The fraction of sp³-hybridized carbons (Fsp3) is 0.917. The second-order valence-corrected chi connectivity index (χ2v) is 4.77. The average molecular weight is 213 g/mol. The lowest BCUT2D eigenvalue weighted by Crippen LogP contribution is -2.45. The molecule has 0 spiro atoms. The van der Waals surface area contributed by atoms with Crippen LogP contribution >= 0.6 is 0 Å². The first kappa shape index (κ1) is 12.5. The third-order valence-electron chi connectivity index (χ3n) is 3.88. The van der Waals surface area contributed by atoms with E-state index in [1.807, 2.05) is 11.9 Å². The molecule has 3 heteroatoms. The van der Waals surface area contributed by atoms with Gasteiger partial charge in [0.1, 0.15) is 6.04 Å². The summed E-state index contributed by atoms with van der Waals surface area (Å²) in [6, 6.07) is 0.111. The number of carboxylic acid groups (broad SMARTS) is 1. The van der Waals surface area contributed by atoms with Crippen molar-refractivity contribution in [3.8, 4) is 0 Å². The van der Waals surface area contributed by atoms with Crippen LogP contribution in [0.5, 0.6) is 0 Å². The SMILES string of the molecule is CCC1CCCC(N(C)C(C)C(=O)O)C1. The summed E-state index contributed by atoms with van der Waals surface area (Å²) in [5, 5.41) is 8.96. The minimum atomic E-state index is -0.712. The maximum Gasteiger partial charge on any atom is 0.320 e. The van der Waals surface area contributed by atoms with Crippen LogP contribution in [0.3, 0.4) is 0 Å². The first-order valence-corrected chi connectivity index (χ1v) is 6.01. The van der Waals surface area contributed by atoms with Gasteiger partial charge < -0.3 is 5.11 Å². The summed E-state index contributed by atoms with van der Waals surface area (Å²) in [7, 11) is 1.95. The van der Waals surface area contributed by atoms with Crippen LogP contribution < -0.4 is 0 Å². The van der Waals surface area contributed by atoms with Crippen molar-refractivity contribution in [2.75, 3.05) is 7.05 Å². The third-order valence-corrected chi connectivity index (χ3v) is 3.88. The molecule has 3 atom stereocenters. The standard InChI is InChI=1S/C12H23NO2/c1-4-10-6-5-7-11(8-10)13(3)9(2)12(14)15/h9-11H,4-8H2,1-3H3,(H,14,15). The Kier molecular flexibility index (Phi) is 4.58.